The SMILES string of the molecule is O=C(O)c1cc2ccc(Br)cn2n1. The molecule has 0 spiro atoms. The van der Waals surface area contributed by atoms with Gasteiger partial charge in [0.25, 0.3) is 0 Å². The Balaban J connectivity index is 2.68. The average Bonchev–Trinajstić information content (AvgIpc) is 2.46. The van der Waals surface area contributed by atoms with E-state index in [-0.39, 0.29) is 5.69 Å². The van der Waals surface area contributed by atoms with E-state index in [4.69, 9.17) is 5.11 Å². The van der Waals surface area contributed by atoms with Gasteiger partial charge in [0, 0.05) is 10.7 Å². The second-order valence-electron chi connectivity index (χ2n) is 2.55. The van der Waals surface area contributed by atoms with Crippen LogP contribution >= 0.6 is 15.9 Å². The van der Waals surface area contributed by atoms with Gasteiger partial charge in [-0.25, -0.2) is 9.31 Å². The van der Waals surface area contributed by atoms with Crippen molar-refractivity contribution in [1.29, 1.82) is 0 Å². The van der Waals surface area contributed by atoms with Gasteiger partial charge in [0.15, 0.2) is 5.69 Å². The van der Waals surface area contributed by atoms with Crippen molar-refractivity contribution in [2.45, 2.75) is 0 Å². The van der Waals surface area contributed by atoms with Gasteiger partial charge in [-0.15, -0.1) is 0 Å². The van der Waals surface area contributed by atoms with Crippen LogP contribution in [-0.4, -0.2) is 20.7 Å². The molecule has 0 unspecified atom stereocenters. The first-order chi connectivity index (χ1) is 6.16. The second kappa shape index (κ2) is 2.85. The highest BCUT2D eigenvalue weighted by molar-refractivity contribution is 9.10. The Morgan fingerprint density at radius 3 is 3.00 bits per heavy atom. The maximum absolute atomic E-state index is 10.6. The van der Waals surface area contributed by atoms with Crippen LogP contribution in [0.15, 0.2) is 28.9 Å². The van der Waals surface area contributed by atoms with E-state index in [0.717, 1.165) is 9.99 Å². The summed E-state index contributed by atoms with van der Waals surface area (Å²) in [4.78, 5) is 10.6. The monoisotopic (exact) mass is 240 g/mol. The summed E-state index contributed by atoms with van der Waals surface area (Å²) in [6.07, 6.45) is 1.71. The summed E-state index contributed by atoms with van der Waals surface area (Å²) in [6.45, 7) is 0. The van der Waals surface area contributed by atoms with Crippen molar-refractivity contribution in [1.82, 2.24) is 9.61 Å². The van der Waals surface area contributed by atoms with Gasteiger partial charge in [-0.2, -0.15) is 5.10 Å². The van der Waals surface area contributed by atoms with E-state index in [1.54, 1.807) is 12.3 Å². The van der Waals surface area contributed by atoms with Gasteiger partial charge in [-0.1, -0.05) is 0 Å². The first-order valence-electron chi connectivity index (χ1n) is 3.55. The number of aromatic carboxylic acids is 1. The van der Waals surface area contributed by atoms with E-state index in [2.05, 4.69) is 21.0 Å². The van der Waals surface area contributed by atoms with Crippen molar-refractivity contribution in [3.63, 3.8) is 0 Å². The maximum atomic E-state index is 10.6. The van der Waals surface area contributed by atoms with Crippen molar-refractivity contribution in [3.05, 3.63) is 34.6 Å². The Hall–Kier alpha value is -1.36. The third-order valence-corrected chi connectivity index (χ3v) is 2.11. The van der Waals surface area contributed by atoms with E-state index in [1.165, 1.54) is 10.6 Å². The Morgan fingerprint density at radius 2 is 2.31 bits per heavy atom. The van der Waals surface area contributed by atoms with Crippen molar-refractivity contribution in [2.75, 3.05) is 0 Å². The molecule has 4 nitrogen and oxygen atoms in total. The van der Waals surface area contributed by atoms with Crippen LogP contribution in [0.3, 0.4) is 0 Å². The first-order valence-corrected chi connectivity index (χ1v) is 4.34. The van der Waals surface area contributed by atoms with Gasteiger partial charge in [-0.05, 0) is 34.1 Å². The number of aromatic nitrogens is 2. The van der Waals surface area contributed by atoms with E-state index in [9.17, 15) is 4.79 Å². The van der Waals surface area contributed by atoms with E-state index >= 15 is 0 Å². The number of hydrogen-bond donors (Lipinski definition) is 1. The number of halogens is 1. The molecule has 1 N–H and O–H groups in total. The lowest BCUT2D eigenvalue weighted by atomic mass is 10.3. The molecule has 2 aromatic rings. The molecule has 0 atom stereocenters. The van der Waals surface area contributed by atoms with Crippen LogP contribution in [-0.2, 0) is 0 Å². The number of nitrogens with zero attached hydrogens (tertiary/aromatic N) is 2. The number of fused-ring (bicyclic) bond motifs is 1. The number of hydrogen-bond acceptors (Lipinski definition) is 2. The van der Waals surface area contributed by atoms with Gasteiger partial charge < -0.3 is 5.11 Å². The van der Waals surface area contributed by atoms with Crippen molar-refractivity contribution in [3.8, 4) is 0 Å². The molecule has 5 heteroatoms. The summed E-state index contributed by atoms with van der Waals surface area (Å²) in [7, 11) is 0. The molecule has 2 aromatic heterocycles. The molecule has 2 rings (SSSR count). The molecular weight excluding hydrogens is 236 g/mol. The number of rotatable bonds is 1. The molecule has 0 saturated carbocycles. The summed E-state index contributed by atoms with van der Waals surface area (Å²) in [5.74, 6) is -1.01. The molecule has 0 aliphatic heterocycles. The highest BCUT2D eigenvalue weighted by Gasteiger charge is 2.07. The van der Waals surface area contributed by atoms with Crippen LogP contribution in [0.4, 0.5) is 0 Å². The fraction of sp³-hybridized carbons (Fsp3) is 0. The van der Waals surface area contributed by atoms with Gasteiger partial charge in [-0.3, -0.25) is 0 Å². The molecule has 0 bridgehead atoms. The van der Waals surface area contributed by atoms with Gasteiger partial charge in [0.05, 0.1) is 5.52 Å². The van der Waals surface area contributed by atoms with Crippen LogP contribution in [0.5, 0.6) is 0 Å². The second-order valence-corrected chi connectivity index (χ2v) is 3.47. The summed E-state index contributed by atoms with van der Waals surface area (Å²) >= 11 is 3.27. The quantitative estimate of drug-likeness (QED) is 0.828. The van der Waals surface area contributed by atoms with Crippen molar-refractivity contribution < 1.29 is 9.90 Å². The zero-order chi connectivity index (χ0) is 9.42. The Kier molecular flexibility index (Phi) is 1.81. The van der Waals surface area contributed by atoms with Crippen LogP contribution in [0.1, 0.15) is 10.5 Å². The minimum Gasteiger partial charge on any atom is -0.476 e. The normalized spacial score (nSPS) is 10.5. The third-order valence-electron chi connectivity index (χ3n) is 1.64. The predicted molar refractivity (Wildman–Crippen MR) is 49.9 cm³/mol. The van der Waals surface area contributed by atoms with E-state index in [0.29, 0.717) is 0 Å². The predicted octanol–water partition coefficient (Wildman–Crippen LogP) is 1.79. The van der Waals surface area contributed by atoms with Crippen LogP contribution < -0.4 is 0 Å². The molecule has 0 fully saturated rings. The number of carboxylic acid groups (broad SMARTS) is 1. The molecule has 0 amide bonds. The molecule has 0 aliphatic rings. The minimum atomic E-state index is -1.01. The van der Waals surface area contributed by atoms with E-state index < -0.39 is 5.97 Å². The smallest absolute Gasteiger partial charge is 0.356 e. The minimum absolute atomic E-state index is 0.0538. The third kappa shape index (κ3) is 1.42. The Labute approximate surface area is 81.9 Å². The molecule has 2 heterocycles. The van der Waals surface area contributed by atoms with Gasteiger partial charge in [0.1, 0.15) is 0 Å². The number of carboxylic acids is 1. The Morgan fingerprint density at radius 1 is 1.54 bits per heavy atom. The van der Waals surface area contributed by atoms with Crippen LogP contribution in [0, 0.1) is 0 Å². The fourth-order valence-electron chi connectivity index (χ4n) is 1.07. The largest absolute Gasteiger partial charge is 0.476 e. The zero-order valence-electron chi connectivity index (χ0n) is 6.44. The summed E-state index contributed by atoms with van der Waals surface area (Å²) in [5.41, 5.74) is 0.818. The molecule has 0 radical (unpaired) electrons. The maximum Gasteiger partial charge on any atom is 0.356 e. The molecule has 0 aromatic carbocycles. The molecule has 66 valence electrons. The standard InChI is InChI=1S/C8H5BrN2O2/c9-5-1-2-6-3-7(8(12)13)10-11(6)4-5/h1-4H,(H,12,13). The van der Waals surface area contributed by atoms with E-state index in [1.807, 2.05) is 6.07 Å². The highest BCUT2D eigenvalue weighted by Crippen LogP contribution is 2.12. The van der Waals surface area contributed by atoms with Crippen molar-refractivity contribution >= 4 is 27.4 Å². The number of pyridine rings is 1. The molecular formula is C8H5BrN2O2. The lowest BCUT2D eigenvalue weighted by molar-refractivity contribution is 0.0690. The lowest BCUT2D eigenvalue weighted by Gasteiger charge is -1.91. The topological polar surface area (TPSA) is 54.6 Å². The first kappa shape index (κ1) is 8.25. The van der Waals surface area contributed by atoms with Gasteiger partial charge >= 0.3 is 5.97 Å². The Bertz CT molecular complexity index is 478. The fourth-order valence-corrected chi connectivity index (χ4v) is 1.39. The summed E-state index contributed by atoms with van der Waals surface area (Å²) in [6, 6.07) is 5.15. The highest BCUT2D eigenvalue weighted by atomic mass is 79.9. The molecule has 0 aliphatic carbocycles. The number of carbonyl (C=O) groups is 1. The molecule has 0 saturated heterocycles. The lowest BCUT2D eigenvalue weighted by Crippen LogP contribution is -1.97. The zero-order valence-corrected chi connectivity index (χ0v) is 8.02. The van der Waals surface area contributed by atoms with Crippen LogP contribution in [0.25, 0.3) is 5.52 Å². The average molecular weight is 241 g/mol. The molecule has 13 heavy (non-hydrogen) atoms. The summed E-state index contributed by atoms with van der Waals surface area (Å²) in [5, 5.41) is 12.5. The van der Waals surface area contributed by atoms with Crippen molar-refractivity contribution in [2.24, 2.45) is 0 Å². The van der Waals surface area contributed by atoms with Crippen LogP contribution in [0.2, 0.25) is 0 Å². The summed E-state index contributed by atoms with van der Waals surface area (Å²) < 4.78 is 2.38. The van der Waals surface area contributed by atoms with Gasteiger partial charge in [0.2, 0.25) is 0 Å².